The van der Waals surface area contributed by atoms with Crippen LogP contribution in [0.4, 0.5) is 0 Å². The van der Waals surface area contributed by atoms with Crippen molar-refractivity contribution in [1.82, 2.24) is 0 Å². The summed E-state index contributed by atoms with van der Waals surface area (Å²) in [5.41, 5.74) is 0.312. The zero-order chi connectivity index (χ0) is 26.3. The van der Waals surface area contributed by atoms with Crippen LogP contribution < -0.4 is 0 Å². The van der Waals surface area contributed by atoms with E-state index in [2.05, 4.69) is 67.7 Å². The number of phenolic OH excluding ortho intramolecular Hbond substituents is 1. The first-order chi connectivity index (χ1) is 17.6. The van der Waals surface area contributed by atoms with Gasteiger partial charge in [0.15, 0.2) is 5.78 Å². The predicted octanol–water partition coefficient (Wildman–Crippen LogP) is 8.46. The fraction of sp³-hybridized carbons (Fsp3) is 0.438. The van der Waals surface area contributed by atoms with Crippen LogP contribution in [0.5, 0.6) is 5.75 Å². The number of allylic oxidation sites excluding steroid dienone is 10. The number of Topliss-reactive ketones (excluding diaryl/α,β-unsaturated/α-hetero) is 1. The quantitative estimate of drug-likeness (QED) is 0.0910. The third-order valence-corrected chi connectivity index (χ3v) is 5.66. The summed E-state index contributed by atoms with van der Waals surface area (Å²) < 4.78 is 5.39. The maximum Gasteiger partial charge on any atom is 0.308 e. The molecule has 196 valence electrons. The lowest BCUT2D eigenvalue weighted by Gasteiger charge is -2.13. The summed E-state index contributed by atoms with van der Waals surface area (Å²) in [6, 6.07) is 6.50. The van der Waals surface area contributed by atoms with Gasteiger partial charge in [-0.25, -0.2) is 0 Å². The molecule has 1 rings (SSSR count). The smallest absolute Gasteiger partial charge is 0.308 e. The van der Waals surface area contributed by atoms with Gasteiger partial charge < -0.3 is 9.84 Å². The van der Waals surface area contributed by atoms with Crippen molar-refractivity contribution in [3.8, 4) is 5.75 Å². The minimum Gasteiger partial charge on any atom is -0.507 e. The molecule has 0 bridgehead atoms. The third-order valence-electron chi connectivity index (χ3n) is 5.66. The average molecular weight is 493 g/mol. The highest BCUT2D eigenvalue weighted by Crippen LogP contribution is 2.18. The molecule has 1 unspecified atom stereocenters. The Morgan fingerprint density at radius 2 is 1.39 bits per heavy atom. The molecule has 36 heavy (non-hydrogen) atoms. The van der Waals surface area contributed by atoms with Crippen molar-refractivity contribution in [2.45, 2.75) is 78.1 Å². The summed E-state index contributed by atoms with van der Waals surface area (Å²) >= 11 is 0. The SMILES string of the molecule is CC/C=C\C/C=C\C/C=C\C/C=C\C/C=C\CCC(CC)C(=O)OCCCC(=O)c1ccccc1O. The second-order valence-electron chi connectivity index (χ2n) is 8.60. The van der Waals surface area contributed by atoms with Gasteiger partial charge in [0.1, 0.15) is 5.75 Å². The Morgan fingerprint density at radius 1 is 0.833 bits per heavy atom. The highest BCUT2D eigenvalue weighted by atomic mass is 16.5. The maximum atomic E-state index is 12.3. The van der Waals surface area contributed by atoms with E-state index in [1.165, 1.54) is 6.07 Å². The van der Waals surface area contributed by atoms with Gasteiger partial charge in [-0.2, -0.15) is 0 Å². The summed E-state index contributed by atoms with van der Waals surface area (Å²) in [6.45, 7) is 4.36. The van der Waals surface area contributed by atoms with Gasteiger partial charge in [-0.1, -0.05) is 86.7 Å². The molecule has 0 saturated carbocycles. The number of ether oxygens (including phenoxy) is 1. The molecule has 4 nitrogen and oxygen atoms in total. The summed E-state index contributed by atoms with van der Waals surface area (Å²) in [4.78, 5) is 24.5. The molecule has 0 amide bonds. The Morgan fingerprint density at radius 3 is 1.94 bits per heavy atom. The van der Waals surface area contributed by atoms with Crippen LogP contribution in [0.3, 0.4) is 0 Å². The average Bonchev–Trinajstić information content (AvgIpc) is 2.88. The van der Waals surface area contributed by atoms with E-state index in [1.54, 1.807) is 18.2 Å². The lowest BCUT2D eigenvalue weighted by Crippen LogP contribution is -2.18. The summed E-state index contributed by atoms with van der Waals surface area (Å²) in [6.07, 6.45) is 29.7. The number of carbonyl (C=O) groups is 2. The van der Waals surface area contributed by atoms with Crippen molar-refractivity contribution in [1.29, 1.82) is 0 Å². The number of para-hydroxylation sites is 1. The Balaban J connectivity index is 2.13. The molecular weight excluding hydrogens is 448 g/mol. The highest BCUT2D eigenvalue weighted by molar-refractivity contribution is 5.98. The Kier molecular flexibility index (Phi) is 18.2. The fourth-order valence-corrected chi connectivity index (χ4v) is 3.52. The summed E-state index contributed by atoms with van der Waals surface area (Å²) in [5.74, 6) is -0.476. The van der Waals surface area contributed by atoms with E-state index in [4.69, 9.17) is 4.74 Å². The van der Waals surface area contributed by atoms with Gasteiger partial charge in [0, 0.05) is 6.42 Å². The number of hydrogen-bond acceptors (Lipinski definition) is 4. The summed E-state index contributed by atoms with van der Waals surface area (Å²) in [5, 5.41) is 9.75. The second-order valence-corrected chi connectivity index (χ2v) is 8.60. The number of carbonyl (C=O) groups excluding carboxylic acids is 2. The van der Waals surface area contributed by atoms with E-state index in [1.807, 2.05) is 6.92 Å². The van der Waals surface area contributed by atoms with E-state index in [9.17, 15) is 14.7 Å². The molecule has 0 heterocycles. The van der Waals surface area contributed by atoms with Gasteiger partial charge >= 0.3 is 5.97 Å². The van der Waals surface area contributed by atoms with Gasteiger partial charge in [0.2, 0.25) is 0 Å². The molecule has 0 aromatic heterocycles. The molecule has 0 aliphatic rings. The molecule has 0 aliphatic carbocycles. The van der Waals surface area contributed by atoms with Crippen molar-refractivity contribution in [2.75, 3.05) is 6.61 Å². The van der Waals surface area contributed by atoms with Gasteiger partial charge in [0.05, 0.1) is 18.1 Å². The Labute approximate surface area is 218 Å². The summed E-state index contributed by atoms with van der Waals surface area (Å²) in [7, 11) is 0. The molecule has 1 atom stereocenters. The van der Waals surface area contributed by atoms with Crippen molar-refractivity contribution in [2.24, 2.45) is 5.92 Å². The first kappa shape index (κ1) is 30.9. The first-order valence-corrected chi connectivity index (χ1v) is 13.3. The van der Waals surface area contributed by atoms with Gasteiger partial charge in [-0.15, -0.1) is 0 Å². The van der Waals surface area contributed by atoms with Gasteiger partial charge in [0.25, 0.3) is 0 Å². The largest absolute Gasteiger partial charge is 0.507 e. The highest BCUT2D eigenvalue weighted by Gasteiger charge is 2.17. The van der Waals surface area contributed by atoms with Gasteiger partial charge in [-0.05, 0) is 69.9 Å². The molecule has 0 saturated heterocycles. The zero-order valence-electron chi connectivity index (χ0n) is 22.1. The number of rotatable bonds is 19. The lowest BCUT2D eigenvalue weighted by atomic mass is 10.0. The predicted molar refractivity (Wildman–Crippen MR) is 150 cm³/mol. The van der Waals surface area contributed by atoms with E-state index in [-0.39, 0.29) is 36.4 Å². The van der Waals surface area contributed by atoms with Crippen molar-refractivity contribution < 1.29 is 19.4 Å². The zero-order valence-corrected chi connectivity index (χ0v) is 22.1. The van der Waals surface area contributed by atoms with Crippen molar-refractivity contribution in [3.05, 3.63) is 90.6 Å². The molecule has 0 fully saturated rings. The molecule has 0 spiro atoms. The van der Waals surface area contributed by atoms with E-state index in [0.717, 1.165) is 51.4 Å². The minimum atomic E-state index is -0.195. The first-order valence-electron chi connectivity index (χ1n) is 13.3. The monoisotopic (exact) mass is 492 g/mol. The lowest BCUT2D eigenvalue weighted by molar-refractivity contribution is -0.149. The Hall–Kier alpha value is -3.14. The number of esters is 1. The number of benzene rings is 1. The van der Waals surface area contributed by atoms with Crippen LogP contribution in [-0.2, 0) is 9.53 Å². The van der Waals surface area contributed by atoms with Crippen LogP contribution in [0.25, 0.3) is 0 Å². The number of phenols is 1. The second kappa shape index (κ2) is 21.2. The minimum absolute atomic E-state index is 0.0133. The van der Waals surface area contributed by atoms with Gasteiger partial charge in [-0.3, -0.25) is 9.59 Å². The topological polar surface area (TPSA) is 63.6 Å². The molecular formula is C32H44O4. The number of aromatic hydroxyl groups is 1. The van der Waals surface area contributed by atoms with E-state index >= 15 is 0 Å². The van der Waals surface area contributed by atoms with Crippen LogP contribution in [-0.4, -0.2) is 23.5 Å². The molecule has 1 aromatic carbocycles. The van der Waals surface area contributed by atoms with Crippen LogP contribution >= 0.6 is 0 Å². The molecule has 0 radical (unpaired) electrons. The molecule has 0 aliphatic heterocycles. The third kappa shape index (κ3) is 15.0. The van der Waals surface area contributed by atoms with Crippen LogP contribution in [0.2, 0.25) is 0 Å². The van der Waals surface area contributed by atoms with E-state index < -0.39 is 0 Å². The van der Waals surface area contributed by atoms with Crippen molar-refractivity contribution in [3.63, 3.8) is 0 Å². The van der Waals surface area contributed by atoms with Crippen LogP contribution in [0.15, 0.2) is 85.0 Å². The molecule has 4 heteroatoms. The van der Waals surface area contributed by atoms with Crippen molar-refractivity contribution >= 4 is 11.8 Å². The molecule has 1 aromatic rings. The standard InChI is InChI=1S/C32H44O4/c1-3-5-6-7-8-9-10-11-12-13-14-15-16-17-18-19-23-28(4-2)32(35)36-27-22-26-31(34)29-24-20-21-25-30(29)33/h5-6,8-9,11-12,14-15,17-18,20-21,24-25,28,33H,3-4,7,10,13,16,19,22-23,26-27H2,1-2H3/b6-5-,9-8-,12-11-,15-14-,18-17-. The maximum absolute atomic E-state index is 12.3. The van der Waals surface area contributed by atoms with Crippen LogP contribution in [0.1, 0.15) is 88.4 Å². The Bertz CT molecular complexity index is 889. The van der Waals surface area contributed by atoms with E-state index in [0.29, 0.717) is 12.0 Å². The normalized spacial score (nSPS) is 13.1. The molecule has 1 N–H and O–H groups in total. The number of hydrogen-bond donors (Lipinski definition) is 1. The van der Waals surface area contributed by atoms with Crippen LogP contribution in [0, 0.1) is 5.92 Å². The number of ketones is 1. The fourth-order valence-electron chi connectivity index (χ4n) is 3.52.